The number of ketones is 1. The molecule has 0 unspecified atom stereocenters. The van der Waals surface area contributed by atoms with E-state index in [2.05, 4.69) is 14.4 Å². The van der Waals surface area contributed by atoms with Crippen LogP contribution in [-0.2, 0) is 9.59 Å². The molecule has 0 aliphatic heterocycles. The molecule has 0 saturated heterocycles. The Kier molecular flexibility index (Phi) is 5.61. The number of esters is 1. The molecule has 0 N–H and O–H groups in total. The summed E-state index contributed by atoms with van der Waals surface area (Å²) < 4.78 is 9.01. The van der Waals surface area contributed by atoms with Crippen LogP contribution in [0, 0.1) is 0 Å². The summed E-state index contributed by atoms with van der Waals surface area (Å²) in [6.07, 6.45) is 1.03. The van der Waals surface area contributed by atoms with Gasteiger partial charge in [0.2, 0.25) is 0 Å². The predicted molar refractivity (Wildman–Crippen MR) is 38.5 cm³/mol. The van der Waals surface area contributed by atoms with Gasteiger partial charge in [-0.25, -0.2) is 0 Å². The van der Waals surface area contributed by atoms with Crippen LogP contribution >= 0.6 is 0 Å². The Hall–Kier alpha value is -0.650. The first-order valence-electron chi connectivity index (χ1n) is 3.29. The van der Waals surface area contributed by atoms with Crippen molar-refractivity contribution in [2.45, 2.75) is 13.3 Å². The van der Waals surface area contributed by atoms with Gasteiger partial charge in [0.1, 0.15) is 18.5 Å². The van der Waals surface area contributed by atoms with Crippen LogP contribution in [-0.4, -0.2) is 16.9 Å². The van der Waals surface area contributed by atoms with Gasteiger partial charge in [-0.1, -0.05) is 0 Å². The maximum absolute atomic E-state index is 10.8. The molecule has 0 bridgehead atoms. The van der Waals surface area contributed by atoms with Crippen LogP contribution in [0.4, 0.5) is 0 Å². The minimum atomic E-state index is -0.628. The van der Waals surface area contributed by atoms with Crippen molar-refractivity contribution in [2.75, 3.05) is 0 Å². The van der Waals surface area contributed by atoms with E-state index in [1.165, 1.54) is 19.3 Å². The summed E-state index contributed by atoms with van der Waals surface area (Å²) in [7, 11) is 0. The normalized spacial score (nSPS) is 8.69. The second-order valence-electron chi connectivity index (χ2n) is 2.19. The zero-order valence-corrected chi connectivity index (χ0v) is 9.44. The second kappa shape index (κ2) is 5.90. The van der Waals surface area contributed by atoms with Crippen LogP contribution in [0.2, 0.25) is 0 Å². The number of hydrogen-bond acceptors (Lipinski definition) is 5. The van der Waals surface area contributed by atoms with Gasteiger partial charge in [-0.15, -0.1) is 0 Å². The van der Waals surface area contributed by atoms with Gasteiger partial charge in [0.05, 0.1) is 0 Å². The van der Waals surface area contributed by atoms with Crippen molar-refractivity contribution in [3.8, 4) is 5.88 Å². The number of hydrogen-bond donors (Lipinski definition) is 0. The minimum Gasteiger partial charge on any atom is -1.00 e. The van der Waals surface area contributed by atoms with Crippen molar-refractivity contribution in [1.29, 1.82) is 0 Å². The standard InChI is InChI=1S/C7H7NO4.Na.H/c1-5(9)4-7(10)12-6-2-3-11-8-6;;/h2-3H,4H2,1H3;;/q;+1;-1. The van der Waals surface area contributed by atoms with E-state index >= 15 is 0 Å². The van der Waals surface area contributed by atoms with Crippen LogP contribution in [0.1, 0.15) is 14.8 Å². The van der Waals surface area contributed by atoms with Gasteiger partial charge in [-0.2, -0.15) is 0 Å². The summed E-state index contributed by atoms with van der Waals surface area (Å²) >= 11 is 0. The van der Waals surface area contributed by atoms with Crippen molar-refractivity contribution < 1.29 is 49.8 Å². The molecule has 0 amide bonds. The minimum absolute atomic E-state index is 0. The molecule has 5 nitrogen and oxygen atoms in total. The Morgan fingerprint density at radius 3 is 2.85 bits per heavy atom. The van der Waals surface area contributed by atoms with E-state index in [1.807, 2.05) is 0 Å². The molecule has 0 spiro atoms. The summed E-state index contributed by atoms with van der Waals surface area (Å²) in [5, 5.41) is 3.33. The average Bonchev–Trinajstić information content (AvgIpc) is 2.37. The van der Waals surface area contributed by atoms with Crippen molar-refractivity contribution in [2.24, 2.45) is 0 Å². The number of carbonyl (C=O) groups is 2. The monoisotopic (exact) mass is 193 g/mol. The van der Waals surface area contributed by atoms with Crippen molar-refractivity contribution in [3.05, 3.63) is 12.3 Å². The van der Waals surface area contributed by atoms with E-state index in [0.29, 0.717) is 0 Å². The van der Waals surface area contributed by atoms with Gasteiger partial charge in [-0.05, 0) is 12.1 Å². The first-order chi connectivity index (χ1) is 5.68. The molecular weight excluding hydrogens is 185 g/mol. The van der Waals surface area contributed by atoms with Gasteiger partial charge in [0, 0.05) is 6.07 Å². The molecule has 1 heterocycles. The molecular formula is C7H8NNaO4. The molecule has 0 fully saturated rings. The van der Waals surface area contributed by atoms with E-state index in [0.717, 1.165) is 0 Å². The molecule has 1 rings (SSSR count). The number of rotatable bonds is 3. The number of carbonyl (C=O) groups excluding carboxylic acids is 2. The van der Waals surface area contributed by atoms with E-state index in [1.54, 1.807) is 0 Å². The molecule has 0 aliphatic carbocycles. The topological polar surface area (TPSA) is 69.4 Å². The van der Waals surface area contributed by atoms with Crippen LogP contribution < -0.4 is 34.3 Å². The zero-order chi connectivity index (χ0) is 8.97. The fourth-order valence-corrected chi connectivity index (χ4v) is 0.610. The van der Waals surface area contributed by atoms with E-state index in [-0.39, 0.29) is 49.1 Å². The maximum Gasteiger partial charge on any atom is 1.00 e. The summed E-state index contributed by atoms with van der Waals surface area (Å²) in [6.45, 7) is 1.31. The molecule has 0 radical (unpaired) electrons. The van der Waals surface area contributed by atoms with Crippen LogP contribution in [0.5, 0.6) is 5.88 Å². The fraction of sp³-hybridized carbons (Fsp3) is 0.286. The second-order valence-corrected chi connectivity index (χ2v) is 2.19. The Balaban J connectivity index is 0. The van der Waals surface area contributed by atoms with Crippen LogP contribution in [0.15, 0.2) is 16.9 Å². The summed E-state index contributed by atoms with van der Waals surface area (Å²) in [4.78, 5) is 21.2. The third-order valence-corrected chi connectivity index (χ3v) is 1.03. The molecule has 0 aromatic carbocycles. The van der Waals surface area contributed by atoms with E-state index in [9.17, 15) is 9.59 Å². The first kappa shape index (κ1) is 12.3. The predicted octanol–water partition coefficient (Wildman–Crippen LogP) is -2.32. The number of Topliss-reactive ketones (excluding diaryl/α,β-unsaturated/α-hetero) is 1. The Bertz CT molecular complexity index is 288. The maximum atomic E-state index is 10.8. The quantitative estimate of drug-likeness (QED) is 0.306. The molecule has 1 aromatic heterocycles. The molecule has 1 aromatic rings. The average molecular weight is 193 g/mol. The van der Waals surface area contributed by atoms with Gasteiger partial charge in [0.25, 0.3) is 5.88 Å². The SMILES string of the molecule is CC(=O)CC(=O)Oc1ccon1.[H-].[Na+]. The smallest absolute Gasteiger partial charge is 1.00 e. The number of ether oxygens (including phenoxy) is 1. The van der Waals surface area contributed by atoms with Crippen molar-refractivity contribution in [1.82, 2.24) is 5.16 Å². The van der Waals surface area contributed by atoms with Crippen LogP contribution in [0.3, 0.4) is 0 Å². The fourth-order valence-electron chi connectivity index (χ4n) is 0.610. The largest absolute Gasteiger partial charge is 1.00 e. The Morgan fingerprint density at radius 2 is 2.38 bits per heavy atom. The molecule has 66 valence electrons. The van der Waals surface area contributed by atoms with Gasteiger partial charge >= 0.3 is 35.5 Å². The van der Waals surface area contributed by atoms with Gasteiger partial charge < -0.3 is 10.7 Å². The van der Waals surface area contributed by atoms with E-state index < -0.39 is 5.97 Å². The van der Waals surface area contributed by atoms with Crippen LogP contribution in [0.25, 0.3) is 0 Å². The Morgan fingerprint density at radius 1 is 1.69 bits per heavy atom. The molecule has 0 saturated carbocycles. The molecule has 0 atom stereocenters. The van der Waals surface area contributed by atoms with Gasteiger partial charge in [-0.3, -0.25) is 9.59 Å². The summed E-state index contributed by atoms with van der Waals surface area (Å²) in [6, 6.07) is 1.39. The third-order valence-electron chi connectivity index (χ3n) is 1.03. The van der Waals surface area contributed by atoms with Crippen molar-refractivity contribution in [3.63, 3.8) is 0 Å². The molecule has 0 aliphatic rings. The third kappa shape index (κ3) is 4.82. The molecule has 6 heteroatoms. The first-order valence-corrected chi connectivity index (χ1v) is 3.29. The van der Waals surface area contributed by atoms with E-state index in [4.69, 9.17) is 0 Å². The van der Waals surface area contributed by atoms with Gasteiger partial charge in [0.15, 0.2) is 0 Å². The molecule has 13 heavy (non-hydrogen) atoms. The zero-order valence-electron chi connectivity index (χ0n) is 8.44. The Labute approximate surface area is 98.2 Å². The number of nitrogens with zero attached hydrogens (tertiary/aromatic N) is 1. The van der Waals surface area contributed by atoms with Crippen molar-refractivity contribution >= 4 is 11.8 Å². The number of aromatic nitrogens is 1. The summed E-state index contributed by atoms with van der Waals surface area (Å²) in [5.74, 6) is -0.804. The summed E-state index contributed by atoms with van der Waals surface area (Å²) in [5.41, 5.74) is 0.